The Kier molecular flexibility index (Phi) is 6.09. The van der Waals surface area contributed by atoms with Crippen LogP contribution in [0.4, 0.5) is 10.5 Å². The number of para-hydroxylation sites is 1. The molecule has 0 atom stereocenters. The SMILES string of the molecule is O=C(CN1CCN(C(=O)Nc2ccccc2)CC1=O)NC1CCCCC1. The number of carbonyl (C=O) groups excluding carboxylic acids is 3. The van der Waals surface area contributed by atoms with Crippen LogP contribution in [0.2, 0.25) is 0 Å². The van der Waals surface area contributed by atoms with Crippen LogP contribution in [0.15, 0.2) is 30.3 Å². The Morgan fingerprint density at radius 3 is 2.46 bits per heavy atom. The first-order valence-electron chi connectivity index (χ1n) is 9.30. The van der Waals surface area contributed by atoms with E-state index in [1.165, 1.54) is 16.2 Å². The first-order chi connectivity index (χ1) is 12.6. The molecule has 1 aromatic carbocycles. The highest BCUT2D eigenvalue weighted by atomic mass is 16.2. The topological polar surface area (TPSA) is 81.8 Å². The lowest BCUT2D eigenvalue weighted by Crippen LogP contribution is -2.55. The maximum atomic E-state index is 12.3. The highest BCUT2D eigenvalue weighted by Gasteiger charge is 2.29. The third-order valence-corrected chi connectivity index (χ3v) is 4.94. The molecule has 2 aliphatic rings. The lowest BCUT2D eigenvalue weighted by molar-refractivity contribution is -0.139. The number of nitrogens with one attached hydrogen (secondary N) is 2. The number of piperazine rings is 1. The minimum absolute atomic E-state index is 0.00459. The first kappa shape index (κ1) is 18.2. The molecular weight excluding hydrogens is 332 g/mol. The molecule has 3 rings (SSSR count). The zero-order chi connectivity index (χ0) is 18.4. The Hall–Kier alpha value is -2.57. The maximum absolute atomic E-state index is 12.3. The Labute approximate surface area is 153 Å². The lowest BCUT2D eigenvalue weighted by Gasteiger charge is -2.34. The van der Waals surface area contributed by atoms with E-state index in [0.29, 0.717) is 18.8 Å². The van der Waals surface area contributed by atoms with Crippen LogP contribution in [0.1, 0.15) is 32.1 Å². The largest absolute Gasteiger partial charge is 0.352 e. The van der Waals surface area contributed by atoms with Crippen molar-refractivity contribution in [3.8, 4) is 0 Å². The molecule has 1 saturated heterocycles. The standard InChI is InChI=1S/C19H26N4O3/c24-17(20-15-7-3-1-4-8-15)13-22-11-12-23(14-18(22)25)19(26)21-16-9-5-2-6-10-16/h2,5-6,9-10,15H,1,3-4,7-8,11-14H2,(H,20,24)(H,21,26). The van der Waals surface area contributed by atoms with E-state index < -0.39 is 0 Å². The number of anilines is 1. The van der Waals surface area contributed by atoms with Crippen molar-refractivity contribution in [1.29, 1.82) is 0 Å². The number of hydrogen-bond donors (Lipinski definition) is 2. The molecule has 0 spiro atoms. The van der Waals surface area contributed by atoms with Gasteiger partial charge >= 0.3 is 6.03 Å². The van der Waals surface area contributed by atoms with Gasteiger partial charge in [0.25, 0.3) is 0 Å². The minimum Gasteiger partial charge on any atom is -0.352 e. The molecule has 7 heteroatoms. The summed E-state index contributed by atoms with van der Waals surface area (Å²) >= 11 is 0. The molecular formula is C19H26N4O3. The summed E-state index contributed by atoms with van der Waals surface area (Å²) in [6.45, 7) is 0.860. The minimum atomic E-state index is -0.296. The number of benzene rings is 1. The fraction of sp³-hybridized carbons (Fsp3) is 0.526. The van der Waals surface area contributed by atoms with Crippen molar-refractivity contribution in [2.45, 2.75) is 38.1 Å². The van der Waals surface area contributed by atoms with Gasteiger partial charge in [0, 0.05) is 24.8 Å². The van der Waals surface area contributed by atoms with Gasteiger partial charge < -0.3 is 20.4 Å². The van der Waals surface area contributed by atoms with Crippen LogP contribution in [0.25, 0.3) is 0 Å². The summed E-state index contributed by atoms with van der Waals surface area (Å²) in [5, 5.41) is 5.81. The van der Waals surface area contributed by atoms with E-state index >= 15 is 0 Å². The number of nitrogens with zero attached hydrogens (tertiary/aromatic N) is 2. The molecule has 0 aromatic heterocycles. The van der Waals surface area contributed by atoms with Crippen LogP contribution in [-0.2, 0) is 9.59 Å². The quantitative estimate of drug-likeness (QED) is 0.861. The molecule has 26 heavy (non-hydrogen) atoms. The van der Waals surface area contributed by atoms with E-state index in [1.807, 2.05) is 18.2 Å². The normalized spacial score (nSPS) is 18.5. The Balaban J connectivity index is 1.45. The van der Waals surface area contributed by atoms with Crippen molar-refractivity contribution in [1.82, 2.24) is 15.1 Å². The van der Waals surface area contributed by atoms with Crippen LogP contribution < -0.4 is 10.6 Å². The van der Waals surface area contributed by atoms with E-state index in [-0.39, 0.29) is 37.0 Å². The van der Waals surface area contributed by atoms with Gasteiger partial charge in [-0.05, 0) is 25.0 Å². The summed E-state index contributed by atoms with van der Waals surface area (Å²) in [5.74, 6) is -0.300. The van der Waals surface area contributed by atoms with Crippen molar-refractivity contribution in [2.24, 2.45) is 0 Å². The molecule has 140 valence electrons. The van der Waals surface area contributed by atoms with E-state index in [1.54, 1.807) is 12.1 Å². The molecule has 7 nitrogen and oxygen atoms in total. The summed E-state index contributed by atoms with van der Waals surface area (Å²) in [4.78, 5) is 39.8. The summed E-state index contributed by atoms with van der Waals surface area (Å²) < 4.78 is 0. The average molecular weight is 358 g/mol. The highest BCUT2D eigenvalue weighted by molar-refractivity contribution is 5.94. The average Bonchev–Trinajstić information content (AvgIpc) is 2.65. The van der Waals surface area contributed by atoms with E-state index in [9.17, 15) is 14.4 Å². The molecule has 0 bridgehead atoms. The highest BCUT2D eigenvalue weighted by Crippen LogP contribution is 2.17. The van der Waals surface area contributed by atoms with Gasteiger partial charge in [0.2, 0.25) is 11.8 Å². The van der Waals surface area contributed by atoms with E-state index in [2.05, 4.69) is 10.6 Å². The Bertz CT molecular complexity index is 643. The number of amides is 4. The van der Waals surface area contributed by atoms with Gasteiger partial charge in [-0.3, -0.25) is 9.59 Å². The van der Waals surface area contributed by atoms with Crippen molar-refractivity contribution in [3.63, 3.8) is 0 Å². The molecule has 2 fully saturated rings. The van der Waals surface area contributed by atoms with Gasteiger partial charge in [0.1, 0.15) is 6.54 Å². The van der Waals surface area contributed by atoms with Crippen molar-refractivity contribution >= 4 is 23.5 Å². The summed E-state index contributed by atoms with van der Waals surface area (Å²) in [6.07, 6.45) is 5.58. The molecule has 2 N–H and O–H groups in total. The molecule has 1 aliphatic carbocycles. The van der Waals surface area contributed by atoms with Gasteiger partial charge in [-0.1, -0.05) is 37.5 Å². The fourth-order valence-electron chi connectivity index (χ4n) is 3.47. The van der Waals surface area contributed by atoms with Gasteiger partial charge in [0.05, 0.1) is 6.54 Å². The van der Waals surface area contributed by atoms with E-state index in [4.69, 9.17) is 0 Å². The van der Waals surface area contributed by atoms with Crippen LogP contribution in [0.5, 0.6) is 0 Å². The van der Waals surface area contributed by atoms with Crippen LogP contribution in [0.3, 0.4) is 0 Å². The Morgan fingerprint density at radius 1 is 1.04 bits per heavy atom. The van der Waals surface area contributed by atoms with Gasteiger partial charge in [-0.25, -0.2) is 4.79 Å². The number of rotatable bonds is 4. The molecule has 1 aromatic rings. The Morgan fingerprint density at radius 2 is 1.77 bits per heavy atom. The molecule has 1 saturated carbocycles. The van der Waals surface area contributed by atoms with Crippen LogP contribution >= 0.6 is 0 Å². The van der Waals surface area contributed by atoms with Gasteiger partial charge in [0.15, 0.2) is 0 Å². The first-order valence-corrected chi connectivity index (χ1v) is 9.30. The van der Waals surface area contributed by atoms with Gasteiger partial charge in [-0.15, -0.1) is 0 Å². The maximum Gasteiger partial charge on any atom is 0.322 e. The van der Waals surface area contributed by atoms with E-state index in [0.717, 1.165) is 25.7 Å². The zero-order valence-corrected chi connectivity index (χ0v) is 14.9. The number of urea groups is 1. The van der Waals surface area contributed by atoms with Crippen LogP contribution in [0, 0.1) is 0 Å². The zero-order valence-electron chi connectivity index (χ0n) is 14.9. The summed E-state index contributed by atoms with van der Waals surface area (Å²) in [6, 6.07) is 9.08. The second-order valence-electron chi connectivity index (χ2n) is 6.94. The number of carbonyl (C=O) groups is 3. The molecule has 4 amide bonds. The van der Waals surface area contributed by atoms with Crippen molar-refractivity contribution in [2.75, 3.05) is 31.5 Å². The third kappa shape index (κ3) is 4.97. The monoisotopic (exact) mass is 358 g/mol. The second-order valence-corrected chi connectivity index (χ2v) is 6.94. The predicted octanol–water partition coefficient (Wildman–Crippen LogP) is 1.81. The summed E-state index contributed by atoms with van der Waals surface area (Å²) in [7, 11) is 0. The molecule has 0 radical (unpaired) electrons. The summed E-state index contributed by atoms with van der Waals surface area (Å²) in [5.41, 5.74) is 0.694. The predicted molar refractivity (Wildman–Crippen MR) is 98.6 cm³/mol. The fourth-order valence-corrected chi connectivity index (χ4v) is 3.47. The molecule has 1 aliphatic heterocycles. The smallest absolute Gasteiger partial charge is 0.322 e. The number of hydrogen-bond acceptors (Lipinski definition) is 3. The lowest BCUT2D eigenvalue weighted by atomic mass is 9.95. The van der Waals surface area contributed by atoms with Gasteiger partial charge in [-0.2, -0.15) is 0 Å². The van der Waals surface area contributed by atoms with Crippen molar-refractivity contribution < 1.29 is 14.4 Å². The van der Waals surface area contributed by atoms with Crippen molar-refractivity contribution in [3.05, 3.63) is 30.3 Å². The molecule has 1 heterocycles. The van der Waals surface area contributed by atoms with Crippen LogP contribution in [-0.4, -0.2) is 59.9 Å². The second kappa shape index (κ2) is 8.69. The third-order valence-electron chi connectivity index (χ3n) is 4.94. The molecule has 0 unspecified atom stereocenters.